The zero-order valence-corrected chi connectivity index (χ0v) is 23.8. The van der Waals surface area contributed by atoms with Crippen LogP contribution in [0.15, 0.2) is 40.9 Å². The van der Waals surface area contributed by atoms with E-state index < -0.39 is 18.4 Å². The molecule has 0 aliphatic carbocycles. The molecule has 0 N–H and O–H groups in total. The number of nitrogens with zero attached hydrogens (tertiary/aromatic N) is 2. The summed E-state index contributed by atoms with van der Waals surface area (Å²) < 4.78 is 31.8. The van der Waals surface area contributed by atoms with Crippen molar-refractivity contribution in [1.82, 2.24) is 0 Å². The maximum Gasteiger partial charge on any atom is 0.124 e. The quantitative estimate of drug-likeness (QED) is 0.255. The van der Waals surface area contributed by atoms with E-state index in [4.69, 9.17) is 5.26 Å². The average molecular weight is 610 g/mol. The largest absolute Gasteiger partial charge is 0.207 e. The van der Waals surface area contributed by atoms with Gasteiger partial charge in [0.2, 0.25) is 0 Å². The molecule has 2 rings (SSSR count). The van der Waals surface area contributed by atoms with Crippen LogP contribution in [0.5, 0.6) is 0 Å². The maximum atomic E-state index is 13.6. The van der Waals surface area contributed by atoms with Crippen LogP contribution < -0.4 is 3.58 Å². The summed E-state index contributed by atoms with van der Waals surface area (Å²) in [6.07, 6.45) is 7.39. The fourth-order valence-electron chi connectivity index (χ4n) is 3.98. The van der Waals surface area contributed by atoms with E-state index in [2.05, 4.69) is 42.8 Å². The van der Waals surface area contributed by atoms with E-state index in [1.54, 1.807) is 6.07 Å². The van der Waals surface area contributed by atoms with Gasteiger partial charge in [0.1, 0.15) is 11.9 Å². The SMILES string of the molecule is CCC[CH2][Sn]([CH2]CCC)([CH2]CCC)[c]1ccc(F)cc1C#N.N#Cc1cc(F)ccc1Br. The molecule has 0 spiro atoms. The van der Waals surface area contributed by atoms with E-state index in [0.29, 0.717) is 15.6 Å². The third-order valence-corrected chi connectivity index (χ3v) is 22.2. The molecule has 2 aromatic carbocycles. The van der Waals surface area contributed by atoms with Crippen LogP contribution in [0.1, 0.15) is 70.4 Å². The molecule has 2 aromatic rings. The molecule has 0 atom stereocenters. The minimum atomic E-state index is -2.61. The van der Waals surface area contributed by atoms with Gasteiger partial charge in [0.25, 0.3) is 0 Å². The van der Waals surface area contributed by atoms with Crippen molar-refractivity contribution in [1.29, 1.82) is 10.5 Å². The van der Waals surface area contributed by atoms with Crippen molar-refractivity contribution in [2.45, 2.75) is 72.6 Å². The summed E-state index contributed by atoms with van der Waals surface area (Å²) in [5.41, 5.74) is 0.944. The minimum absolute atomic E-state index is 0.276. The number of hydrogen-bond acceptors (Lipinski definition) is 2. The zero-order valence-electron chi connectivity index (χ0n) is 19.4. The molecular formula is C26H33BrF2N2Sn. The van der Waals surface area contributed by atoms with Gasteiger partial charge in [-0.05, 0) is 34.1 Å². The Morgan fingerprint density at radius 2 is 1.19 bits per heavy atom. The van der Waals surface area contributed by atoms with Gasteiger partial charge in [-0.3, -0.25) is 0 Å². The van der Waals surface area contributed by atoms with E-state index in [0.717, 1.165) is 0 Å². The molecule has 0 saturated heterocycles. The number of unbranched alkanes of at least 4 members (excludes halogenated alkanes) is 3. The first-order valence-electron chi connectivity index (χ1n) is 11.4. The molecule has 0 amide bonds. The van der Waals surface area contributed by atoms with Gasteiger partial charge in [0, 0.05) is 4.47 Å². The van der Waals surface area contributed by atoms with Gasteiger partial charge in [0.15, 0.2) is 0 Å². The van der Waals surface area contributed by atoms with Crippen LogP contribution in [0.2, 0.25) is 13.3 Å². The molecule has 6 heteroatoms. The Kier molecular flexibility index (Phi) is 13.8. The second-order valence-electron chi connectivity index (χ2n) is 8.13. The standard InChI is InChI=1S/C7H3BrFN.C7H3FN.3C4H9.Sn/c8-7-2-1-6(9)3-5(7)4-10;8-7-3-1-2-6(4-7)5-9;3*1-3-4-2;/h1-3H;1,3-4H;3*1,3-4H2,2H3;. The second kappa shape index (κ2) is 15.4. The van der Waals surface area contributed by atoms with Crippen LogP contribution in [-0.4, -0.2) is 18.4 Å². The minimum Gasteiger partial charge on any atom is -0.207 e. The average Bonchev–Trinajstić information content (AvgIpc) is 2.81. The maximum absolute atomic E-state index is 13.6. The Morgan fingerprint density at radius 3 is 1.59 bits per heavy atom. The van der Waals surface area contributed by atoms with Gasteiger partial charge in [-0.15, -0.1) is 0 Å². The molecule has 0 aromatic heterocycles. The predicted octanol–water partition coefficient (Wildman–Crippen LogP) is 8.21. The smallest absolute Gasteiger partial charge is 0.124 e. The number of benzene rings is 2. The van der Waals surface area contributed by atoms with Crippen LogP contribution in [0.4, 0.5) is 8.78 Å². The monoisotopic (exact) mass is 610 g/mol. The summed E-state index contributed by atoms with van der Waals surface area (Å²) in [5, 5.41) is 17.9. The fourth-order valence-corrected chi connectivity index (χ4v) is 20.8. The third kappa shape index (κ3) is 8.83. The van der Waals surface area contributed by atoms with Crippen molar-refractivity contribution in [2.24, 2.45) is 0 Å². The summed E-state index contributed by atoms with van der Waals surface area (Å²) in [6.45, 7) is 6.73. The first-order chi connectivity index (χ1) is 15.4. The number of rotatable bonds is 10. The van der Waals surface area contributed by atoms with Crippen LogP contribution in [-0.2, 0) is 0 Å². The summed E-state index contributed by atoms with van der Waals surface area (Å²) in [4.78, 5) is 0. The number of hydrogen-bond donors (Lipinski definition) is 0. The molecule has 0 unspecified atom stereocenters. The van der Waals surface area contributed by atoms with Crippen molar-refractivity contribution in [3.05, 3.63) is 63.6 Å². The third-order valence-electron chi connectivity index (χ3n) is 5.75. The Hall–Kier alpha value is -1.44. The number of nitriles is 2. The number of halogens is 3. The van der Waals surface area contributed by atoms with Crippen molar-refractivity contribution in [3.8, 4) is 12.1 Å². The Labute approximate surface area is 204 Å². The van der Waals surface area contributed by atoms with Crippen LogP contribution >= 0.6 is 15.9 Å². The molecule has 0 heterocycles. The van der Waals surface area contributed by atoms with Crippen LogP contribution in [0.3, 0.4) is 0 Å². The van der Waals surface area contributed by atoms with E-state index in [-0.39, 0.29) is 11.6 Å². The summed E-state index contributed by atoms with van der Waals surface area (Å²) in [5.74, 6) is -0.665. The van der Waals surface area contributed by atoms with Gasteiger partial charge in [-0.2, -0.15) is 5.26 Å². The molecule has 0 fully saturated rings. The summed E-state index contributed by atoms with van der Waals surface area (Å²) >= 11 is 0.491. The van der Waals surface area contributed by atoms with Gasteiger partial charge in [-0.1, -0.05) is 0 Å². The molecule has 0 bridgehead atoms. The second-order valence-corrected chi connectivity index (χ2v) is 22.1. The Bertz CT molecular complexity index is 913. The van der Waals surface area contributed by atoms with E-state index in [1.165, 1.54) is 79.7 Å². The van der Waals surface area contributed by atoms with E-state index >= 15 is 0 Å². The van der Waals surface area contributed by atoms with Gasteiger partial charge < -0.3 is 0 Å². The van der Waals surface area contributed by atoms with Gasteiger partial charge in [-0.25, -0.2) is 4.39 Å². The van der Waals surface area contributed by atoms with Crippen LogP contribution in [0.25, 0.3) is 0 Å². The van der Waals surface area contributed by atoms with Crippen molar-refractivity contribution < 1.29 is 8.78 Å². The topological polar surface area (TPSA) is 47.6 Å². The van der Waals surface area contributed by atoms with Gasteiger partial charge in [0.05, 0.1) is 5.56 Å². The molecule has 0 aliphatic rings. The Balaban J connectivity index is 0.000000425. The molecule has 0 aliphatic heterocycles. The van der Waals surface area contributed by atoms with Crippen molar-refractivity contribution >= 4 is 37.9 Å². The molecule has 32 heavy (non-hydrogen) atoms. The normalized spacial score (nSPS) is 10.6. The Morgan fingerprint density at radius 1 is 0.750 bits per heavy atom. The molecular weight excluding hydrogens is 577 g/mol. The molecule has 2 nitrogen and oxygen atoms in total. The summed E-state index contributed by atoms with van der Waals surface area (Å²) in [6, 6.07) is 13.1. The van der Waals surface area contributed by atoms with Crippen molar-refractivity contribution in [3.63, 3.8) is 0 Å². The molecule has 0 saturated carbocycles. The summed E-state index contributed by atoms with van der Waals surface area (Å²) in [7, 11) is 0. The first-order valence-corrected chi connectivity index (χ1v) is 19.7. The van der Waals surface area contributed by atoms with Crippen molar-refractivity contribution in [2.75, 3.05) is 0 Å². The van der Waals surface area contributed by atoms with Gasteiger partial charge >= 0.3 is 140 Å². The molecule has 0 radical (unpaired) electrons. The van der Waals surface area contributed by atoms with E-state index in [1.807, 2.05) is 12.1 Å². The fraction of sp³-hybridized carbons (Fsp3) is 0.462. The predicted molar refractivity (Wildman–Crippen MR) is 134 cm³/mol. The van der Waals surface area contributed by atoms with E-state index in [9.17, 15) is 14.0 Å². The zero-order chi connectivity index (χ0) is 24.0. The first kappa shape index (κ1) is 28.6. The van der Waals surface area contributed by atoms with Crippen LogP contribution in [0, 0.1) is 34.3 Å². The molecule has 172 valence electrons.